The normalized spacial score (nSPS) is 13.5. The van der Waals surface area contributed by atoms with Crippen LogP contribution >= 0.6 is 0 Å². The number of hydrogen-bond acceptors (Lipinski definition) is 3. The van der Waals surface area contributed by atoms with Crippen molar-refractivity contribution in [1.82, 2.24) is 5.32 Å². The molecule has 1 rings (SSSR count). The van der Waals surface area contributed by atoms with Gasteiger partial charge in [-0.3, -0.25) is 4.79 Å². The lowest BCUT2D eigenvalue weighted by Crippen LogP contribution is -2.50. The predicted molar refractivity (Wildman–Crippen MR) is 71.9 cm³/mol. The predicted octanol–water partition coefficient (Wildman–Crippen LogP) is 2.29. The van der Waals surface area contributed by atoms with Gasteiger partial charge in [0.05, 0.1) is 12.6 Å². The Hall–Kier alpha value is -2.09. The molecule has 0 aliphatic rings. The summed E-state index contributed by atoms with van der Waals surface area (Å²) in [4.78, 5) is 11.8. The van der Waals surface area contributed by atoms with Crippen LogP contribution in [0, 0.1) is 23.1 Å². The fourth-order valence-electron chi connectivity index (χ4n) is 1.39. The van der Waals surface area contributed by atoms with Crippen molar-refractivity contribution in [1.29, 1.82) is 5.26 Å². The van der Waals surface area contributed by atoms with Crippen molar-refractivity contribution < 1.29 is 9.18 Å². The van der Waals surface area contributed by atoms with Crippen LogP contribution in [0.3, 0.4) is 0 Å². The average molecular weight is 263 g/mol. The summed E-state index contributed by atoms with van der Waals surface area (Å²) in [6.45, 7) is 5.47. The van der Waals surface area contributed by atoms with Gasteiger partial charge in [-0.15, -0.1) is 0 Å². The molecule has 0 aliphatic carbocycles. The lowest BCUT2D eigenvalue weighted by atomic mass is 9.90. The number of carbonyl (C=O) groups is 1. The number of halogens is 1. The van der Waals surface area contributed by atoms with Crippen LogP contribution in [0.25, 0.3) is 0 Å². The van der Waals surface area contributed by atoms with Crippen LogP contribution < -0.4 is 10.6 Å². The molecule has 1 aromatic rings. The van der Waals surface area contributed by atoms with E-state index in [1.54, 1.807) is 19.1 Å². The van der Waals surface area contributed by atoms with Gasteiger partial charge in [0.2, 0.25) is 5.91 Å². The largest absolute Gasteiger partial charge is 0.376 e. The fraction of sp³-hybridized carbons (Fsp3) is 0.429. The molecule has 0 bridgehead atoms. The molecule has 1 aromatic carbocycles. The van der Waals surface area contributed by atoms with Crippen LogP contribution in [-0.4, -0.2) is 18.0 Å². The molecule has 0 aliphatic heterocycles. The van der Waals surface area contributed by atoms with Crippen molar-refractivity contribution in [3.8, 4) is 6.07 Å². The van der Waals surface area contributed by atoms with Crippen molar-refractivity contribution >= 4 is 11.6 Å². The van der Waals surface area contributed by atoms with E-state index < -0.39 is 5.54 Å². The fourth-order valence-corrected chi connectivity index (χ4v) is 1.39. The standard InChI is InChI=1S/C14H18FN3O/c1-10(2)14(3,9-16)18-13(19)8-17-12-6-4-11(15)5-7-12/h4-7,10,17H,8H2,1-3H3,(H,18,19). The number of nitrogens with zero attached hydrogens (tertiary/aromatic N) is 1. The monoisotopic (exact) mass is 263 g/mol. The van der Waals surface area contributed by atoms with Gasteiger partial charge in [-0.2, -0.15) is 5.26 Å². The zero-order valence-electron chi connectivity index (χ0n) is 11.3. The van der Waals surface area contributed by atoms with Crippen LogP contribution in [0.2, 0.25) is 0 Å². The number of nitrogens with one attached hydrogen (secondary N) is 2. The number of rotatable bonds is 5. The van der Waals surface area contributed by atoms with Crippen LogP contribution in [0.5, 0.6) is 0 Å². The molecular weight excluding hydrogens is 245 g/mol. The second-order valence-corrected chi connectivity index (χ2v) is 4.88. The van der Waals surface area contributed by atoms with E-state index in [2.05, 4.69) is 16.7 Å². The first kappa shape index (κ1) is 15.0. The van der Waals surface area contributed by atoms with Gasteiger partial charge in [-0.1, -0.05) is 13.8 Å². The Labute approximate surface area is 112 Å². The zero-order valence-corrected chi connectivity index (χ0v) is 11.3. The molecule has 5 heteroatoms. The summed E-state index contributed by atoms with van der Waals surface area (Å²) in [5.74, 6) is -0.596. The molecule has 4 nitrogen and oxygen atoms in total. The van der Waals surface area contributed by atoms with Crippen molar-refractivity contribution in [2.75, 3.05) is 11.9 Å². The molecule has 0 aromatic heterocycles. The van der Waals surface area contributed by atoms with E-state index in [1.165, 1.54) is 12.1 Å². The SMILES string of the molecule is CC(C)C(C)(C#N)NC(=O)CNc1ccc(F)cc1. The van der Waals surface area contributed by atoms with Gasteiger partial charge in [0.1, 0.15) is 11.4 Å². The minimum Gasteiger partial charge on any atom is -0.376 e. The highest BCUT2D eigenvalue weighted by Gasteiger charge is 2.29. The van der Waals surface area contributed by atoms with E-state index in [1.807, 2.05) is 13.8 Å². The summed E-state index contributed by atoms with van der Waals surface area (Å²) in [6, 6.07) is 7.83. The molecule has 19 heavy (non-hydrogen) atoms. The molecule has 0 spiro atoms. The minimum absolute atomic E-state index is 0.00673. The van der Waals surface area contributed by atoms with Crippen molar-refractivity contribution in [3.63, 3.8) is 0 Å². The topological polar surface area (TPSA) is 64.9 Å². The summed E-state index contributed by atoms with van der Waals surface area (Å²) in [6.07, 6.45) is 0. The second-order valence-electron chi connectivity index (χ2n) is 4.88. The molecule has 0 saturated heterocycles. The summed E-state index contributed by atoms with van der Waals surface area (Å²) in [5, 5.41) is 14.7. The average Bonchev–Trinajstić information content (AvgIpc) is 2.37. The van der Waals surface area contributed by atoms with Gasteiger partial charge in [0, 0.05) is 5.69 Å². The number of amides is 1. The number of nitriles is 1. The molecule has 2 N–H and O–H groups in total. The lowest BCUT2D eigenvalue weighted by Gasteiger charge is -2.27. The highest BCUT2D eigenvalue weighted by Crippen LogP contribution is 2.15. The van der Waals surface area contributed by atoms with Gasteiger partial charge < -0.3 is 10.6 Å². The molecule has 1 atom stereocenters. The summed E-state index contributed by atoms with van der Waals surface area (Å²) in [5.41, 5.74) is -0.235. The Morgan fingerprint density at radius 3 is 2.47 bits per heavy atom. The van der Waals surface area contributed by atoms with Crippen LogP contribution in [-0.2, 0) is 4.79 Å². The van der Waals surface area contributed by atoms with Crippen molar-refractivity contribution in [2.24, 2.45) is 5.92 Å². The third-order valence-corrected chi connectivity index (χ3v) is 3.08. The third-order valence-electron chi connectivity index (χ3n) is 3.08. The van der Waals surface area contributed by atoms with Crippen molar-refractivity contribution in [2.45, 2.75) is 26.3 Å². The van der Waals surface area contributed by atoms with E-state index in [4.69, 9.17) is 5.26 Å². The van der Waals surface area contributed by atoms with Crippen LogP contribution in [0.15, 0.2) is 24.3 Å². The lowest BCUT2D eigenvalue weighted by molar-refractivity contribution is -0.121. The quantitative estimate of drug-likeness (QED) is 0.856. The van der Waals surface area contributed by atoms with E-state index in [9.17, 15) is 9.18 Å². The zero-order chi connectivity index (χ0) is 14.5. The Balaban J connectivity index is 2.53. The van der Waals surface area contributed by atoms with E-state index in [0.717, 1.165) is 0 Å². The summed E-state index contributed by atoms with van der Waals surface area (Å²) >= 11 is 0. The first-order valence-electron chi connectivity index (χ1n) is 6.09. The van der Waals surface area contributed by atoms with Crippen LogP contribution in [0.4, 0.5) is 10.1 Å². The number of carbonyl (C=O) groups excluding carboxylic acids is 1. The maximum atomic E-state index is 12.7. The highest BCUT2D eigenvalue weighted by molar-refractivity contribution is 5.81. The summed E-state index contributed by atoms with van der Waals surface area (Å²) in [7, 11) is 0. The maximum Gasteiger partial charge on any atom is 0.240 e. The molecule has 102 valence electrons. The molecule has 0 saturated carbocycles. The third kappa shape index (κ3) is 4.25. The Bertz CT molecular complexity index is 478. The Kier molecular flexibility index (Phi) is 4.87. The first-order chi connectivity index (χ1) is 8.87. The van der Waals surface area contributed by atoms with E-state index in [-0.39, 0.29) is 24.2 Å². The van der Waals surface area contributed by atoms with Gasteiger partial charge >= 0.3 is 0 Å². The molecule has 1 amide bonds. The maximum absolute atomic E-state index is 12.7. The van der Waals surface area contributed by atoms with E-state index >= 15 is 0 Å². The number of benzene rings is 1. The number of anilines is 1. The van der Waals surface area contributed by atoms with Gasteiger partial charge in [-0.25, -0.2) is 4.39 Å². The Morgan fingerprint density at radius 1 is 1.42 bits per heavy atom. The smallest absolute Gasteiger partial charge is 0.240 e. The Morgan fingerprint density at radius 2 is 2.00 bits per heavy atom. The molecule has 0 fully saturated rings. The van der Waals surface area contributed by atoms with Crippen LogP contribution in [0.1, 0.15) is 20.8 Å². The number of hydrogen-bond donors (Lipinski definition) is 2. The molecular formula is C14H18FN3O. The minimum atomic E-state index is -0.887. The van der Waals surface area contributed by atoms with E-state index in [0.29, 0.717) is 5.69 Å². The molecule has 1 unspecified atom stereocenters. The van der Waals surface area contributed by atoms with Gasteiger partial charge in [0.15, 0.2) is 0 Å². The van der Waals surface area contributed by atoms with Gasteiger partial charge in [0.25, 0.3) is 0 Å². The highest BCUT2D eigenvalue weighted by atomic mass is 19.1. The first-order valence-corrected chi connectivity index (χ1v) is 6.09. The van der Waals surface area contributed by atoms with Gasteiger partial charge in [-0.05, 0) is 37.1 Å². The second kappa shape index (κ2) is 6.19. The summed E-state index contributed by atoms with van der Waals surface area (Å²) < 4.78 is 12.7. The molecule has 0 radical (unpaired) electrons. The van der Waals surface area contributed by atoms with Crippen molar-refractivity contribution in [3.05, 3.63) is 30.1 Å². The molecule has 0 heterocycles.